The van der Waals surface area contributed by atoms with E-state index in [2.05, 4.69) is 20.0 Å². The second kappa shape index (κ2) is 8.01. The molecule has 1 aromatic carbocycles. The smallest absolute Gasteiger partial charge is 0.506 e. The highest BCUT2D eigenvalue weighted by molar-refractivity contribution is 5.80. The van der Waals surface area contributed by atoms with Gasteiger partial charge in [-0.3, -0.25) is 14.2 Å². The first kappa shape index (κ1) is 21.1. The van der Waals surface area contributed by atoms with Crippen LogP contribution in [0.2, 0.25) is 0 Å². The number of carbonyl (C=O) groups is 1. The first-order chi connectivity index (χ1) is 14.0. The zero-order chi connectivity index (χ0) is 22.1. The Bertz CT molecular complexity index is 1160. The number of fused-ring (bicyclic) bond motifs is 1. The Morgan fingerprint density at radius 3 is 2.70 bits per heavy atom. The third kappa shape index (κ3) is 4.85. The molecule has 0 aliphatic carbocycles. The van der Waals surface area contributed by atoms with Crippen molar-refractivity contribution in [2.24, 2.45) is 0 Å². The summed E-state index contributed by atoms with van der Waals surface area (Å²) in [4.78, 5) is 33.4. The zero-order valence-electron chi connectivity index (χ0n) is 15.9. The predicted octanol–water partition coefficient (Wildman–Crippen LogP) is 2.59. The summed E-state index contributed by atoms with van der Waals surface area (Å²) in [6.07, 6.45) is -3.82. The molecule has 1 amide bonds. The van der Waals surface area contributed by atoms with Crippen molar-refractivity contribution in [3.8, 4) is 22.9 Å². The average Bonchev–Trinajstić information content (AvgIpc) is 2.62. The molecule has 0 spiro atoms. The second-order valence-electron chi connectivity index (χ2n) is 6.69. The van der Waals surface area contributed by atoms with Crippen LogP contribution in [0.5, 0.6) is 11.5 Å². The molecule has 8 nitrogen and oxygen atoms in total. The number of rotatable bonds is 5. The van der Waals surface area contributed by atoms with Crippen molar-refractivity contribution in [1.82, 2.24) is 19.9 Å². The quantitative estimate of drug-likeness (QED) is 0.655. The van der Waals surface area contributed by atoms with Gasteiger partial charge in [0.1, 0.15) is 23.9 Å². The van der Waals surface area contributed by atoms with Gasteiger partial charge >= 0.3 is 6.36 Å². The standard InChI is InChI=1S/C19H17F3N4O4/c1-10(2)24-15(28)9-26-17(11-4-3-5-13(6-11)30-19(20,21)22)25-16-14(18(26)29)7-12(27)8-23-16/h3-8,10,27H,9H2,1-2H3,(H,24,28). The lowest BCUT2D eigenvalue weighted by molar-refractivity contribution is -0.274. The molecule has 0 unspecified atom stereocenters. The van der Waals surface area contributed by atoms with Gasteiger partial charge in [-0.25, -0.2) is 9.97 Å². The van der Waals surface area contributed by atoms with E-state index >= 15 is 0 Å². The fourth-order valence-electron chi connectivity index (χ4n) is 2.81. The molecule has 0 aliphatic heterocycles. The number of pyridine rings is 1. The highest BCUT2D eigenvalue weighted by Gasteiger charge is 2.31. The summed E-state index contributed by atoms with van der Waals surface area (Å²) in [6.45, 7) is 3.04. The van der Waals surface area contributed by atoms with E-state index in [9.17, 15) is 27.9 Å². The molecule has 2 aromatic heterocycles. The Labute approximate surface area is 168 Å². The maximum Gasteiger partial charge on any atom is 0.573 e. The molecule has 2 heterocycles. The highest BCUT2D eigenvalue weighted by Crippen LogP contribution is 2.27. The van der Waals surface area contributed by atoms with Crippen molar-refractivity contribution in [3.05, 3.63) is 46.9 Å². The Morgan fingerprint density at radius 2 is 2.03 bits per heavy atom. The van der Waals surface area contributed by atoms with Gasteiger partial charge in [0.25, 0.3) is 5.56 Å². The van der Waals surface area contributed by atoms with Gasteiger partial charge in [0.15, 0.2) is 5.65 Å². The topological polar surface area (TPSA) is 106 Å². The molecule has 0 radical (unpaired) electrons. The van der Waals surface area contributed by atoms with Crippen molar-refractivity contribution in [3.63, 3.8) is 0 Å². The van der Waals surface area contributed by atoms with Crippen LogP contribution in [-0.2, 0) is 11.3 Å². The number of nitrogens with one attached hydrogen (secondary N) is 1. The summed E-state index contributed by atoms with van der Waals surface area (Å²) in [7, 11) is 0. The van der Waals surface area contributed by atoms with E-state index in [1.54, 1.807) is 13.8 Å². The highest BCUT2D eigenvalue weighted by atomic mass is 19.4. The van der Waals surface area contributed by atoms with E-state index in [-0.39, 0.29) is 34.2 Å². The van der Waals surface area contributed by atoms with Crippen LogP contribution in [0, 0.1) is 0 Å². The maximum atomic E-state index is 13.0. The first-order valence-corrected chi connectivity index (χ1v) is 8.78. The van der Waals surface area contributed by atoms with Crippen LogP contribution in [0.4, 0.5) is 13.2 Å². The van der Waals surface area contributed by atoms with Gasteiger partial charge in [-0.15, -0.1) is 13.2 Å². The van der Waals surface area contributed by atoms with Crippen molar-refractivity contribution in [2.75, 3.05) is 0 Å². The van der Waals surface area contributed by atoms with Crippen molar-refractivity contribution in [1.29, 1.82) is 0 Å². The van der Waals surface area contributed by atoms with E-state index < -0.39 is 30.1 Å². The summed E-state index contributed by atoms with van der Waals surface area (Å²) in [6, 6.07) is 5.84. The number of aromatic hydroxyl groups is 1. The number of hydrogen-bond acceptors (Lipinski definition) is 6. The molecule has 0 saturated heterocycles. The Balaban J connectivity index is 2.18. The number of benzene rings is 1. The number of aromatic nitrogens is 3. The fraction of sp³-hybridized carbons (Fsp3) is 0.263. The Morgan fingerprint density at radius 1 is 1.30 bits per heavy atom. The van der Waals surface area contributed by atoms with Crippen molar-refractivity contribution < 1.29 is 27.8 Å². The minimum atomic E-state index is -4.90. The molecule has 2 N–H and O–H groups in total. The predicted molar refractivity (Wildman–Crippen MR) is 101 cm³/mol. The largest absolute Gasteiger partial charge is 0.573 e. The molecule has 0 fully saturated rings. The van der Waals surface area contributed by atoms with Gasteiger partial charge in [0, 0.05) is 11.6 Å². The second-order valence-corrected chi connectivity index (χ2v) is 6.69. The Kier molecular flexibility index (Phi) is 5.63. The molecule has 0 atom stereocenters. The van der Waals surface area contributed by atoms with Gasteiger partial charge in [-0.05, 0) is 32.0 Å². The molecule has 0 aliphatic rings. The van der Waals surface area contributed by atoms with Gasteiger partial charge in [0.2, 0.25) is 5.91 Å². The molecular weight excluding hydrogens is 405 g/mol. The van der Waals surface area contributed by atoms with E-state index in [4.69, 9.17) is 0 Å². The lowest BCUT2D eigenvalue weighted by Gasteiger charge is -2.15. The molecule has 3 aromatic rings. The van der Waals surface area contributed by atoms with E-state index in [0.29, 0.717) is 0 Å². The van der Waals surface area contributed by atoms with E-state index in [1.165, 1.54) is 12.1 Å². The molecule has 30 heavy (non-hydrogen) atoms. The molecule has 11 heteroatoms. The molecule has 0 bridgehead atoms. The van der Waals surface area contributed by atoms with Gasteiger partial charge in [0.05, 0.1) is 11.6 Å². The van der Waals surface area contributed by atoms with Crippen LogP contribution < -0.4 is 15.6 Å². The summed E-state index contributed by atoms with van der Waals surface area (Å²) in [5, 5.41) is 12.2. The normalized spacial score (nSPS) is 11.7. The van der Waals surface area contributed by atoms with Crippen molar-refractivity contribution >= 4 is 16.9 Å². The van der Waals surface area contributed by atoms with Crippen LogP contribution >= 0.6 is 0 Å². The maximum absolute atomic E-state index is 13.0. The summed E-state index contributed by atoms with van der Waals surface area (Å²) in [5.41, 5.74) is -0.599. The SMILES string of the molecule is CC(C)NC(=O)Cn1c(-c2cccc(OC(F)(F)F)c2)nc2ncc(O)cc2c1=O. The molecule has 3 rings (SSSR count). The van der Waals surface area contributed by atoms with Crippen LogP contribution in [0.15, 0.2) is 41.3 Å². The van der Waals surface area contributed by atoms with Crippen LogP contribution in [-0.4, -0.2) is 38.0 Å². The third-order valence-corrected chi connectivity index (χ3v) is 3.87. The lowest BCUT2D eigenvalue weighted by Crippen LogP contribution is -2.37. The number of carbonyl (C=O) groups excluding carboxylic acids is 1. The van der Waals surface area contributed by atoms with Crippen molar-refractivity contribution in [2.45, 2.75) is 32.8 Å². The van der Waals surface area contributed by atoms with Gasteiger partial charge in [-0.2, -0.15) is 0 Å². The first-order valence-electron chi connectivity index (χ1n) is 8.78. The van der Waals surface area contributed by atoms with E-state index in [1.807, 2.05) is 0 Å². The lowest BCUT2D eigenvalue weighted by atomic mass is 10.2. The Hall–Kier alpha value is -3.63. The number of alkyl halides is 3. The monoisotopic (exact) mass is 422 g/mol. The summed E-state index contributed by atoms with van der Waals surface area (Å²) < 4.78 is 42.7. The zero-order valence-corrected chi connectivity index (χ0v) is 15.9. The fourth-order valence-corrected chi connectivity index (χ4v) is 2.81. The number of amides is 1. The van der Waals surface area contributed by atoms with E-state index in [0.717, 1.165) is 29.0 Å². The van der Waals surface area contributed by atoms with Crippen LogP contribution in [0.25, 0.3) is 22.4 Å². The molecular formula is C19H17F3N4O4. The minimum Gasteiger partial charge on any atom is -0.506 e. The summed E-state index contributed by atoms with van der Waals surface area (Å²) in [5.74, 6) is -1.35. The number of nitrogens with zero attached hydrogens (tertiary/aromatic N) is 3. The van der Waals surface area contributed by atoms with Crippen LogP contribution in [0.1, 0.15) is 13.8 Å². The number of halogens is 3. The number of ether oxygens (including phenoxy) is 1. The van der Waals surface area contributed by atoms with Gasteiger partial charge in [-0.1, -0.05) is 12.1 Å². The minimum absolute atomic E-state index is 0.0320. The van der Waals surface area contributed by atoms with Crippen LogP contribution in [0.3, 0.4) is 0 Å². The number of hydrogen-bond donors (Lipinski definition) is 2. The average molecular weight is 422 g/mol. The molecule has 0 saturated carbocycles. The third-order valence-electron chi connectivity index (χ3n) is 3.87. The van der Waals surface area contributed by atoms with Gasteiger partial charge < -0.3 is 15.2 Å². The summed E-state index contributed by atoms with van der Waals surface area (Å²) >= 11 is 0. The molecule has 158 valence electrons.